The van der Waals surface area contributed by atoms with E-state index in [9.17, 15) is 14.7 Å². The largest absolute Gasteiger partial charge is 0.508 e. The molecule has 0 aromatic heterocycles. The third kappa shape index (κ3) is 3.58. The van der Waals surface area contributed by atoms with Gasteiger partial charge in [-0.3, -0.25) is 9.59 Å². The first kappa shape index (κ1) is 13.6. The van der Waals surface area contributed by atoms with Gasteiger partial charge in [-0.25, -0.2) is 0 Å². The molecular weight excluding hydrogens is 256 g/mol. The van der Waals surface area contributed by atoms with Crippen LogP contribution in [0, 0.1) is 0 Å². The summed E-state index contributed by atoms with van der Waals surface area (Å²) in [5.74, 6) is -0.348. The van der Waals surface area contributed by atoms with Gasteiger partial charge >= 0.3 is 0 Å². The SMILES string of the molecule is CC(=O)Nc1cccc(C(=O)Nc2ccc(O)cc2)c1. The lowest BCUT2D eigenvalue weighted by Gasteiger charge is -2.07. The first-order chi connectivity index (χ1) is 9.54. The van der Waals surface area contributed by atoms with Crippen LogP contribution in [0.15, 0.2) is 48.5 Å². The van der Waals surface area contributed by atoms with Gasteiger partial charge in [-0.1, -0.05) is 6.07 Å². The minimum atomic E-state index is -0.289. The lowest BCUT2D eigenvalue weighted by atomic mass is 10.2. The molecule has 5 nitrogen and oxygen atoms in total. The van der Waals surface area contributed by atoms with Crippen molar-refractivity contribution < 1.29 is 14.7 Å². The van der Waals surface area contributed by atoms with Crippen molar-refractivity contribution in [3.63, 3.8) is 0 Å². The third-order valence-corrected chi connectivity index (χ3v) is 2.57. The normalized spacial score (nSPS) is 9.85. The summed E-state index contributed by atoms with van der Waals surface area (Å²) >= 11 is 0. The van der Waals surface area contributed by atoms with E-state index in [4.69, 9.17) is 0 Å². The molecule has 0 atom stereocenters. The smallest absolute Gasteiger partial charge is 0.255 e. The number of hydrogen-bond donors (Lipinski definition) is 3. The van der Waals surface area contributed by atoms with Gasteiger partial charge in [0.15, 0.2) is 0 Å². The minimum Gasteiger partial charge on any atom is -0.508 e. The highest BCUT2D eigenvalue weighted by molar-refractivity contribution is 6.05. The Kier molecular flexibility index (Phi) is 4.00. The van der Waals surface area contributed by atoms with Crippen LogP contribution in [0.3, 0.4) is 0 Å². The average Bonchev–Trinajstić information content (AvgIpc) is 2.41. The summed E-state index contributed by atoms with van der Waals surface area (Å²) in [6, 6.07) is 12.8. The zero-order valence-electron chi connectivity index (χ0n) is 10.9. The number of benzene rings is 2. The molecule has 0 aliphatic rings. The third-order valence-electron chi connectivity index (χ3n) is 2.57. The molecule has 2 rings (SSSR count). The minimum absolute atomic E-state index is 0.135. The number of amides is 2. The van der Waals surface area contributed by atoms with E-state index >= 15 is 0 Å². The quantitative estimate of drug-likeness (QED) is 0.750. The first-order valence-corrected chi connectivity index (χ1v) is 6.02. The van der Waals surface area contributed by atoms with E-state index in [1.165, 1.54) is 19.1 Å². The maximum absolute atomic E-state index is 12.1. The summed E-state index contributed by atoms with van der Waals surface area (Å²) in [5, 5.41) is 14.5. The van der Waals surface area contributed by atoms with Crippen LogP contribution in [0.25, 0.3) is 0 Å². The number of aromatic hydroxyl groups is 1. The first-order valence-electron chi connectivity index (χ1n) is 6.02. The molecule has 0 spiro atoms. The van der Waals surface area contributed by atoms with Gasteiger partial charge in [-0.05, 0) is 42.5 Å². The molecule has 2 aromatic carbocycles. The van der Waals surface area contributed by atoms with Crippen molar-refractivity contribution in [1.82, 2.24) is 0 Å². The average molecular weight is 270 g/mol. The van der Waals surface area contributed by atoms with Crippen molar-refractivity contribution in [2.75, 3.05) is 10.6 Å². The highest BCUT2D eigenvalue weighted by atomic mass is 16.3. The summed E-state index contributed by atoms with van der Waals surface area (Å²) in [7, 11) is 0. The van der Waals surface area contributed by atoms with Crippen molar-refractivity contribution in [2.45, 2.75) is 6.92 Å². The fraction of sp³-hybridized carbons (Fsp3) is 0.0667. The van der Waals surface area contributed by atoms with Crippen LogP contribution in [0.4, 0.5) is 11.4 Å². The summed E-state index contributed by atoms with van der Waals surface area (Å²) in [6.07, 6.45) is 0. The summed E-state index contributed by atoms with van der Waals surface area (Å²) in [4.78, 5) is 23.0. The predicted molar refractivity (Wildman–Crippen MR) is 76.8 cm³/mol. The molecule has 0 saturated heterocycles. The second kappa shape index (κ2) is 5.88. The lowest BCUT2D eigenvalue weighted by molar-refractivity contribution is -0.114. The molecule has 0 aliphatic carbocycles. The van der Waals surface area contributed by atoms with E-state index in [2.05, 4.69) is 10.6 Å². The molecule has 0 aliphatic heterocycles. The molecule has 0 bridgehead atoms. The fourth-order valence-electron chi connectivity index (χ4n) is 1.69. The van der Waals surface area contributed by atoms with Crippen molar-refractivity contribution in [3.05, 3.63) is 54.1 Å². The van der Waals surface area contributed by atoms with Gasteiger partial charge in [0.25, 0.3) is 5.91 Å². The molecule has 2 amide bonds. The van der Waals surface area contributed by atoms with Gasteiger partial charge in [0.1, 0.15) is 5.75 Å². The van der Waals surface area contributed by atoms with Crippen LogP contribution in [0.5, 0.6) is 5.75 Å². The molecule has 20 heavy (non-hydrogen) atoms. The van der Waals surface area contributed by atoms with E-state index in [1.54, 1.807) is 36.4 Å². The van der Waals surface area contributed by atoms with E-state index < -0.39 is 0 Å². The van der Waals surface area contributed by atoms with Crippen molar-refractivity contribution in [2.24, 2.45) is 0 Å². The number of anilines is 2. The van der Waals surface area contributed by atoms with E-state index in [0.29, 0.717) is 16.9 Å². The zero-order valence-corrected chi connectivity index (χ0v) is 10.9. The number of hydrogen-bond acceptors (Lipinski definition) is 3. The van der Waals surface area contributed by atoms with Crippen LogP contribution in [-0.4, -0.2) is 16.9 Å². The molecule has 0 radical (unpaired) electrons. The Balaban J connectivity index is 2.12. The second-order valence-corrected chi connectivity index (χ2v) is 4.26. The molecule has 0 fully saturated rings. The number of phenols is 1. The Morgan fingerprint density at radius 3 is 2.30 bits per heavy atom. The molecule has 102 valence electrons. The second-order valence-electron chi connectivity index (χ2n) is 4.26. The van der Waals surface area contributed by atoms with Crippen molar-refractivity contribution in [1.29, 1.82) is 0 Å². The maximum Gasteiger partial charge on any atom is 0.255 e. The van der Waals surface area contributed by atoms with Crippen LogP contribution >= 0.6 is 0 Å². The van der Waals surface area contributed by atoms with Gasteiger partial charge in [0.05, 0.1) is 0 Å². The van der Waals surface area contributed by atoms with E-state index in [-0.39, 0.29) is 17.6 Å². The molecule has 0 heterocycles. The van der Waals surface area contributed by atoms with E-state index in [1.807, 2.05) is 0 Å². The number of phenolic OH excluding ortho intramolecular Hbond substituents is 1. The van der Waals surface area contributed by atoms with E-state index in [0.717, 1.165) is 0 Å². The molecular formula is C15H14N2O3. The van der Waals surface area contributed by atoms with Gasteiger partial charge in [0, 0.05) is 23.9 Å². The molecule has 0 unspecified atom stereocenters. The summed E-state index contributed by atoms with van der Waals surface area (Å²) in [6.45, 7) is 1.41. The zero-order chi connectivity index (χ0) is 14.5. The fourth-order valence-corrected chi connectivity index (χ4v) is 1.69. The maximum atomic E-state index is 12.1. The Labute approximate surface area is 116 Å². The molecule has 2 aromatic rings. The molecule has 5 heteroatoms. The molecule has 0 saturated carbocycles. The van der Waals surface area contributed by atoms with Gasteiger partial charge in [-0.2, -0.15) is 0 Å². The monoisotopic (exact) mass is 270 g/mol. The van der Waals surface area contributed by atoms with Crippen LogP contribution in [0.1, 0.15) is 17.3 Å². The topological polar surface area (TPSA) is 78.4 Å². The lowest BCUT2D eigenvalue weighted by Crippen LogP contribution is -2.13. The Morgan fingerprint density at radius 2 is 1.65 bits per heavy atom. The van der Waals surface area contributed by atoms with Crippen LogP contribution < -0.4 is 10.6 Å². The molecule has 3 N–H and O–H groups in total. The standard InChI is InChI=1S/C15H14N2O3/c1-10(18)16-13-4-2-3-11(9-13)15(20)17-12-5-7-14(19)8-6-12/h2-9,19H,1H3,(H,16,18)(H,17,20). The van der Waals surface area contributed by atoms with Crippen LogP contribution in [0.2, 0.25) is 0 Å². The summed E-state index contributed by atoms with van der Waals surface area (Å²) < 4.78 is 0. The number of carbonyl (C=O) groups excluding carboxylic acids is 2. The van der Waals surface area contributed by atoms with Gasteiger partial charge < -0.3 is 15.7 Å². The highest BCUT2D eigenvalue weighted by Gasteiger charge is 2.07. The van der Waals surface area contributed by atoms with Crippen molar-refractivity contribution in [3.8, 4) is 5.75 Å². The van der Waals surface area contributed by atoms with Crippen molar-refractivity contribution >= 4 is 23.2 Å². The Hall–Kier alpha value is -2.82. The van der Waals surface area contributed by atoms with Gasteiger partial charge in [-0.15, -0.1) is 0 Å². The summed E-state index contributed by atoms with van der Waals surface area (Å²) in [5.41, 5.74) is 1.58. The van der Waals surface area contributed by atoms with Gasteiger partial charge in [0.2, 0.25) is 5.91 Å². The number of rotatable bonds is 3. The predicted octanol–water partition coefficient (Wildman–Crippen LogP) is 2.60. The van der Waals surface area contributed by atoms with Crippen LogP contribution in [-0.2, 0) is 4.79 Å². The Morgan fingerprint density at radius 1 is 0.950 bits per heavy atom. The Bertz CT molecular complexity index is 636. The number of carbonyl (C=O) groups is 2. The highest BCUT2D eigenvalue weighted by Crippen LogP contribution is 2.16. The number of nitrogens with one attached hydrogen (secondary N) is 2.